The molecule has 0 unspecified atom stereocenters. The van der Waals surface area contributed by atoms with E-state index in [0.29, 0.717) is 10.6 Å². The first-order valence-corrected chi connectivity index (χ1v) is 8.06. The average molecular weight is 315 g/mol. The van der Waals surface area contributed by atoms with Crippen molar-refractivity contribution in [2.45, 2.75) is 25.3 Å². The number of anilines is 1. The number of rotatable bonds is 4. The van der Waals surface area contributed by atoms with E-state index in [4.69, 9.17) is 5.73 Å². The van der Waals surface area contributed by atoms with Crippen LogP contribution in [0.5, 0.6) is 0 Å². The topological polar surface area (TPSA) is 85.1 Å². The number of aryl methyl sites for hydroxylation is 2. The standard InChI is InChI=1S/C12H14FN3O2S2/c1-7-3-9(13)10(14)4-11(7)20(17,18)16-6-12-15-5-8(2)19-12/h3-5,16H,6,14H2,1-2H3. The Kier molecular flexibility index (Phi) is 4.07. The van der Waals surface area contributed by atoms with Crippen LogP contribution in [0.25, 0.3) is 0 Å². The summed E-state index contributed by atoms with van der Waals surface area (Å²) in [5.41, 5.74) is 5.53. The molecule has 0 bridgehead atoms. The summed E-state index contributed by atoms with van der Waals surface area (Å²) in [6.07, 6.45) is 1.68. The van der Waals surface area contributed by atoms with Crippen LogP contribution in [0, 0.1) is 19.7 Å². The number of benzene rings is 1. The Morgan fingerprint density at radius 3 is 2.70 bits per heavy atom. The Balaban J connectivity index is 2.24. The van der Waals surface area contributed by atoms with Crippen LogP contribution in [-0.2, 0) is 16.6 Å². The van der Waals surface area contributed by atoms with Gasteiger partial charge in [-0.25, -0.2) is 22.5 Å². The molecule has 0 spiro atoms. The van der Waals surface area contributed by atoms with Gasteiger partial charge < -0.3 is 5.73 Å². The van der Waals surface area contributed by atoms with Gasteiger partial charge in [0.2, 0.25) is 10.0 Å². The fourth-order valence-electron chi connectivity index (χ4n) is 1.68. The van der Waals surface area contributed by atoms with Crippen molar-refractivity contribution in [3.63, 3.8) is 0 Å². The Bertz CT molecular complexity index is 741. The van der Waals surface area contributed by atoms with E-state index < -0.39 is 15.8 Å². The number of nitrogens with two attached hydrogens (primary N) is 1. The van der Waals surface area contributed by atoms with Crippen LogP contribution in [0.1, 0.15) is 15.4 Å². The predicted octanol–water partition coefficient (Wildman–Crippen LogP) is 1.96. The first-order valence-electron chi connectivity index (χ1n) is 5.76. The minimum atomic E-state index is -3.75. The third-order valence-electron chi connectivity index (χ3n) is 2.67. The van der Waals surface area contributed by atoms with Crippen molar-refractivity contribution in [2.75, 3.05) is 5.73 Å². The van der Waals surface area contributed by atoms with Crippen LogP contribution in [0.3, 0.4) is 0 Å². The van der Waals surface area contributed by atoms with Gasteiger partial charge >= 0.3 is 0 Å². The van der Waals surface area contributed by atoms with Crippen LogP contribution >= 0.6 is 11.3 Å². The van der Waals surface area contributed by atoms with Gasteiger partial charge in [0.15, 0.2) is 0 Å². The number of hydrogen-bond donors (Lipinski definition) is 2. The highest BCUT2D eigenvalue weighted by atomic mass is 32.2. The molecule has 5 nitrogen and oxygen atoms in total. The molecule has 108 valence electrons. The number of aromatic nitrogens is 1. The van der Waals surface area contributed by atoms with Crippen LogP contribution < -0.4 is 10.5 Å². The monoisotopic (exact) mass is 315 g/mol. The second-order valence-electron chi connectivity index (χ2n) is 4.33. The Morgan fingerprint density at radius 1 is 1.40 bits per heavy atom. The number of halogens is 1. The number of nitrogens with zero attached hydrogens (tertiary/aromatic N) is 1. The summed E-state index contributed by atoms with van der Waals surface area (Å²) in [6.45, 7) is 3.50. The summed E-state index contributed by atoms with van der Waals surface area (Å²) in [4.78, 5) is 5.05. The number of hydrogen-bond acceptors (Lipinski definition) is 5. The lowest BCUT2D eigenvalue weighted by Crippen LogP contribution is -2.24. The van der Waals surface area contributed by atoms with E-state index in [1.54, 1.807) is 6.20 Å². The van der Waals surface area contributed by atoms with E-state index in [1.807, 2.05) is 6.92 Å². The highest BCUT2D eigenvalue weighted by Crippen LogP contribution is 2.22. The van der Waals surface area contributed by atoms with Gasteiger partial charge in [-0.05, 0) is 31.5 Å². The van der Waals surface area contributed by atoms with Crippen LogP contribution in [0.15, 0.2) is 23.2 Å². The summed E-state index contributed by atoms with van der Waals surface area (Å²) < 4.78 is 40.1. The maximum Gasteiger partial charge on any atom is 0.241 e. The van der Waals surface area contributed by atoms with Crippen LogP contribution in [0.4, 0.5) is 10.1 Å². The largest absolute Gasteiger partial charge is 0.396 e. The molecule has 0 amide bonds. The van der Waals surface area contributed by atoms with Gasteiger partial charge in [0.25, 0.3) is 0 Å². The van der Waals surface area contributed by atoms with Crippen molar-refractivity contribution in [2.24, 2.45) is 0 Å². The minimum Gasteiger partial charge on any atom is -0.396 e. The lowest BCUT2D eigenvalue weighted by atomic mass is 10.2. The van der Waals surface area contributed by atoms with Crippen LogP contribution in [-0.4, -0.2) is 13.4 Å². The molecule has 0 aliphatic heterocycles. The van der Waals surface area contributed by atoms with E-state index in [-0.39, 0.29) is 17.1 Å². The summed E-state index contributed by atoms with van der Waals surface area (Å²) >= 11 is 1.41. The zero-order chi connectivity index (χ0) is 14.9. The molecule has 1 heterocycles. The lowest BCUT2D eigenvalue weighted by Gasteiger charge is -2.09. The molecule has 1 aromatic heterocycles. The molecule has 0 aliphatic carbocycles. The second kappa shape index (κ2) is 5.47. The molecule has 0 aliphatic rings. The summed E-state index contributed by atoms with van der Waals surface area (Å²) in [7, 11) is -3.75. The first kappa shape index (κ1) is 14.9. The number of sulfonamides is 1. The molecule has 2 rings (SSSR count). The van der Waals surface area contributed by atoms with Crippen molar-refractivity contribution in [3.8, 4) is 0 Å². The Morgan fingerprint density at radius 2 is 2.10 bits per heavy atom. The molecule has 3 N–H and O–H groups in total. The lowest BCUT2D eigenvalue weighted by molar-refractivity contribution is 0.579. The van der Waals surface area contributed by atoms with Gasteiger partial charge in [0.05, 0.1) is 17.1 Å². The van der Waals surface area contributed by atoms with Gasteiger partial charge in [-0.3, -0.25) is 0 Å². The highest BCUT2D eigenvalue weighted by molar-refractivity contribution is 7.89. The Labute approximate surface area is 120 Å². The molecule has 1 aromatic carbocycles. The number of nitrogens with one attached hydrogen (secondary N) is 1. The maximum atomic E-state index is 13.3. The fourth-order valence-corrected chi connectivity index (χ4v) is 3.74. The summed E-state index contributed by atoms with van der Waals surface area (Å²) in [5.74, 6) is -0.628. The molecule has 0 saturated heterocycles. The smallest absolute Gasteiger partial charge is 0.241 e. The molecular formula is C12H14FN3O2S2. The van der Waals surface area contributed by atoms with Crippen molar-refractivity contribution in [1.29, 1.82) is 0 Å². The average Bonchev–Trinajstić information content (AvgIpc) is 2.77. The number of thiazole rings is 1. The van der Waals surface area contributed by atoms with Gasteiger partial charge in [0, 0.05) is 11.1 Å². The fraction of sp³-hybridized carbons (Fsp3) is 0.250. The van der Waals surface area contributed by atoms with Crippen molar-refractivity contribution < 1.29 is 12.8 Å². The van der Waals surface area contributed by atoms with E-state index in [2.05, 4.69) is 9.71 Å². The normalized spacial score (nSPS) is 11.8. The Hall–Kier alpha value is -1.51. The third-order valence-corrected chi connectivity index (χ3v) is 5.12. The van der Waals surface area contributed by atoms with E-state index >= 15 is 0 Å². The SMILES string of the molecule is Cc1cnc(CNS(=O)(=O)c2cc(N)c(F)cc2C)s1. The minimum absolute atomic E-state index is 0.0234. The van der Waals surface area contributed by atoms with E-state index in [1.165, 1.54) is 18.3 Å². The molecule has 0 radical (unpaired) electrons. The van der Waals surface area contributed by atoms with Gasteiger partial charge in [-0.1, -0.05) is 0 Å². The summed E-state index contributed by atoms with van der Waals surface area (Å²) in [6, 6.07) is 2.23. The molecule has 0 saturated carbocycles. The number of nitrogen functional groups attached to an aromatic ring is 1. The predicted molar refractivity (Wildman–Crippen MR) is 76.4 cm³/mol. The van der Waals surface area contributed by atoms with Gasteiger partial charge in [-0.15, -0.1) is 11.3 Å². The maximum absolute atomic E-state index is 13.3. The molecule has 8 heteroatoms. The molecule has 0 fully saturated rings. The van der Waals surface area contributed by atoms with Gasteiger partial charge in [-0.2, -0.15) is 0 Å². The zero-order valence-corrected chi connectivity index (χ0v) is 12.6. The molecule has 20 heavy (non-hydrogen) atoms. The van der Waals surface area contributed by atoms with Gasteiger partial charge in [0.1, 0.15) is 10.8 Å². The van der Waals surface area contributed by atoms with E-state index in [9.17, 15) is 12.8 Å². The van der Waals surface area contributed by atoms with E-state index in [0.717, 1.165) is 17.0 Å². The van der Waals surface area contributed by atoms with Crippen molar-refractivity contribution >= 4 is 27.0 Å². The first-order chi connectivity index (χ1) is 9.29. The molecular weight excluding hydrogens is 301 g/mol. The quantitative estimate of drug-likeness (QED) is 0.845. The van der Waals surface area contributed by atoms with Crippen LogP contribution in [0.2, 0.25) is 0 Å². The molecule has 2 aromatic rings. The van der Waals surface area contributed by atoms with Crippen molar-refractivity contribution in [3.05, 3.63) is 39.6 Å². The zero-order valence-electron chi connectivity index (χ0n) is 11.0. The second-order valence-corrected chi connectivity index (χ2v) is 7.38. The molecule has 0 atom stereocenters. The summed E-state index contributed by atoms with van der Waals surface area (Å²) in [5, 5.41) is 0.666. The highest BCUT2D eigenvalue weighted by Gasteiger charge is 2.19. The third kappa shape index (κ3) is 3.14. The van der Waals surface area contributed by atoms with Crippen molar-refractivity contribution in [1.82, 2.24) is 9.71 Å².